The van der Waals surface area contributed by atoms with Gasteiger partial charge in [0, 0.05) is 12.6 Å². The van der Waals surface area contributed by atoms with Crippen molar-refractivity contribution in [2.75, 3.05) is 26.4 Å². The van der Waals surface area contributed by atoms with E-state index in [-0.39, 0.29) is 12.6 Å². The van der Waals surface area contributed by atoms with Crippen molar-refractivity contribution >= 4 is 0 Å². The summed E-state index contributed by atoms with van der Waals surface area (Å²) in [6.45, 7) is 9.69. The van der Waals surface area contributed by atoms with Crippen molar-refractivity contribution < 1.29 is 14.9 Å². The molecule has 0 aliphatic rings. The summed E-state index contributed by atoms with van der Waals surface area (Å²) in [5.41, 5.74) is 4.47. The van der Waals surface area contributed by atoms with E-state index in [9.17, 15) is 5.11 Å². The molecule has 4 heteroatoms. The summed E-state index contributed by atoms with van der Waals surface area (Å²) in [4.78, 5) is 0. The Balaban J connectivity index is 2.58. The Labute approximate surface area is 121 Å². The first-order valence-corrected chi connectivity index (χ1v) is 7.15. The van der Waals surface area contributed by atoms with Crippen LogP contribution in [0.2, 0.25) is 0 Å². The Morgan fingerprint density at radius 2 is 1.75 bits per heavy atom. The van der Waals surface area contributed by atoms with Crippen LogP contribution in [0.1, 0.15) is 35.3 Å². The average molecular weight is 281 g/mol. The van der Waals surface area contributed by atoms with Crippen LogP contribution in [-0.2, 0) is 4.74 Å². The van der Waals surface area contributed by atoms with Crippen molar-refractivity contribution in [2.24, 2.45) is 0 Å². The molecule has 3 N–H and O–H groups in total. The summed E-state index contributed by atoms with van der Waals surface area (Å²) in [5, 5.41) is 22.4. The zero-order chi connectivity index (χ0) is 15.1. The van der Waals surface area contributed by atoms with E-state index in [1.807, 2.05) is 20.8 Å². The molecule has 114 valence electrons. The van der Waals surface area contributed by atoms with Crippen LogP contribution in [0.3, 0.4) is 0 Å². The summed E-state index contributed by atoms with van der Waals surface area (Å²) in [5.74, 6) is 0. The summed E-state index contributed by atoms with van der Waals surface area (Å²) in [7, 11) is 0. The van der Waals surface area contributed by atoms with Gasteiger partial charge in [0.15, 0.2) is 0 Å². The molecule has 0 spiro atoms. The van der Waals surface area contributed by atoms with Gasteiger partial charge in [0.25, 0.3) is 0 Å². The van der Waals surface area contributed by atoms with Gasteiger partial charge >= 0.3 is 0 Å². The molecule has 0 radical (unpaired) electrons. The van der Waals surface area contributed by atoms with Gasteiger partial charge in [0.1, 0.15) is 0 Å². The van der Waals surface area contributed by atoms with E-state index in [4.69, 9.17) is 9.84 Å². The summed E-state index contributed by atoms with van der Waals surface area (Å²) in [6, 6.07) is 4.15. The zero-order valence-corrected chi connectivity index (χ0v) is 12.9. The van der Waals surface area contributed by atoms with Gasteiger partial charge in [0.05, 0.1) is 25.9 Å². The van der Waals surface area contributed by atoms with Crippen LogP contribution in [0.25, 0.3) is 0 Å². The van der Waals surface area contributed by atoms with E-state index < -0.39 is 6.10 Å². The van der Waals surface area contributed by atoms with Crippen LogP contribution < -0.4 is 5.32 Å². The first kappa shape index (κ1) is 17.1. The van der Waals surface area contributed by atoms with Crippen LogP contribution in [0.15, 0.2) is 12.1 Å². The van der Waals surface area contributed by atoms with Crippen LogP contribution in [-0.4, -0.2) is 42.6 Å². The Morgan fingerprint density at radius 3 is 2.30 bits per heavy atom. The lowest BCUT2D eigenvalue weighted by atomic mass is 9.92. The number of nitrogens with one attached hydrogen (secondary N) is 1. The van der Waals surface area contributed by atoms with Crippen LogP contribution >= 0.6 is 0 Å². The number of benzene rings is 1. The second kappa shape index (κ2) is 8.37. The largest absolute Gasteiger partial charge is 0.394 e. The second-order valence-electron chi connectivity index (χ2n) is 5.34. The van der Waals surface area contributed by atoms with Crippen LogP contribution in [0.4, 0.5) is 0 Å². The van der Waals surface area contributed by atoms with E-state index in [0.717, 1.165) is 16.7 Å². The molecule has 2 atom stereocenters. The molecule has 0 fully saturated rings. The molecule has 0 amide bonds. The van der Waals surface area contributed by atoms with Crippen molar-refractivity contribution in [3.8, 4) is 0 Å². The van der Waals surface area contributed by atoms with Gasteiger partial charge in [-0.3, -0.25) is 0 Å². The van der Waals surface area contributed by atoms with E-state index in [1.54, 1.807) is 0 Å². The molecule has 0 aliphatic heterocycles. The van der Waals surface area contributed by atoms with Crippen molar-refractivity contribution in [3.05, 3.63) is 34.4 Å². The fourth-order valence-corrected chi connectivity index (χ4v) is 2.54. The van der Waals surface area contributed by atoms with Gasteiger partial charge < -0.3 is 20.3 Å². The Bertz CT molecular complexity index is 397. The minimum atomic E-state index is -0.534. The number of hydrogen-bond donors (Lipinski definition) is 3. The summed E-state index contributed by atoms with van der Waals surface area (Å²) >= 11 is 0. The fourth-order valence-electron chi connectivity index (χ4n) is 2.54. The highest BCUT2D eigenvalue weighted by Gasteiger charge is 2.19. The van der Waals surface area contributed by atoms with Gasteiger partial charge in [-0.1, -0.05) is 17.7 Å². The molecular weight excluding hydrogens is 254 g/mol. The molecule has 0 saturated carbocycles. The second-order valence-corrected chi connectivity index (χ2v) is 5.34. The van der Waals surface area contributed by atoms with E-state index in [2.05, 4.69) is 24.4 Å². The van der Waals surface area contributed by atoms with Gasteiger partial charge in [-0.2, -0.15) is 0 Å². The third kappa shape index (κ3) is 4.87. The maximum absolute atomic E-state index is 10.5. The third-order valence-corrected chi connectivity index (χ3v) is 3.46. The molecular formula is C16H27NO3. The highest BCUT2D eigenvalue weighted by molar-refractivity contribution is 5.39. The SMILES string of the molecule is Cc1cc(C)c(C(O)C(C)NCCOCCO)c(C)c1. The Hall–Kier alpha value is -0.940. The maximum Gasteiger partial charge on any atom is 0.0945 e. The minimum absolute atomic E-state index is 0.0416. The van der Waals surface area contributed by atoms with Crippen LogP contribution in [0.5, 0.6) is 0 Å². The third-order valence-electron chi connectivity index (χ3n) is 3.46. The molecule has 1 aromatic carbocycles. The standard InChI is InChI=1S/C16H27NO3/c1-11-9-12(2)15(13(3)10-11)16(19)14(4)17-5-7-20-8-6-18/h9-10,14,16-19H,5-8H2,1-4H3. The molecule has 0 saturated heterocycles. The first-order valence-electron chi connectivity index (χ1n) is 7.15. The van der Waals surface area contributed by atoms with E-state index in [1.165, 1.54) is 5.56 Å². The Morgan fingerprint density at radius 1 is 1.15 bits per heavy atom. The molecule has 20 heavy (non-hydrogen) atoms. The molecule has 1 rings (SSSR count). The molecule has 0 bridgehead atoms. The average Bonchev–Trinajstić information content (AvgIpc) is 2.36. The number of aryl methyl sites for hydroxylation is 3. The van der Waals surface area contributed by atoms with E-state index in [0.29, 0.717) is 19.8 Å². The van der Waals surface area contributed by atoms with Crippen LogP contribution in [0, 0.1) is 20.8 Å². The molecule has 2 unspecified atom stereocenters. The number of rotatable bonds is 8. The summed E-state index contributed by atoms with van der Waals surface area (Å²) < 4.78 is 5.19. The topological polar surface area (TPSA) is 61.7 Å². The van der Waals surface area contributed by atoms with Gasteiger partial charge in [-0.15, -0.1) is 0 Å². The molecule has 0 heterocycles. The van der Waals surface area contributed by atoms with Gasteiger partial charge in [-0.25, -0.2) is 0 Å². The monoisotopic (exact) mass is 281 g/mol. The highest BCUT2D eigenvalue weighted by atomic mass is 16.5. The molecule has 4 nitrogen and oxygen atoms in total. The maximum atomic E-state index is 10.5. The first-order chi connectivity index (χ1) is 9.47. The number of ether oxygens (including phenoxy) is 1. The van der Waals surface area contributed by atoms with Crippen molar-refractivity contribution in [1.29, 1.82) is 0 Å². The van der Waals surface area contributed by atoms with Gasteiger partial charge in [-0.05, 0) is 44.4 Å². The lowest BCUT2D eigenvalue weighted by molar-refractivity contribution is 0.0848. The molecule has 0 aromatic heterocycles. The Kier molecular flexibility index (Phi) is 7.16. The summed E-state index contributed by atoms with van der Waals surface area (Å²) in [6.07, 6.45) is -0.534. The van der Waals surface area contributed by atoms with Gasteiger partial charge in [0.2, 0.25) is 0 Å². The number of hydrogen-bond acceptors (Lipinski definition) is 4. The van der Waals surface area contributed by atoms with Crippen molar-refractivity contribution in [3.63, 3.8) is 0 Å². The zero-order valence-electron chi connectivity index (χ0n) is 12.9. The van der Waals surface area contributed by atoms with Crippen molar-refractivity contribution in [2.45, 2.75) is 39.8 Å². The fraction of sp³-hybridized carbons (Fsp3) is 0.625. The predicted octanol–water partition coefficient (Wildman–Crippen LogP) is 1.63. The number of aliphatic hydroxyl groups is 2. The van der Waals surface area contributed by atoms with Crippen molar-refractivity contribution in [1.82, 2.24) is 5.32 Å². The predicted molar refractivity (Wildman–Crippen MR) is 81.0 cm³/mol. The number of aliphatic hydroxyl groups excluding tert-OH is 2. The molecule has 1 aromatic rings. The lowest BCUT2D eigenvalue weighted by Crippen LogP contribution is -2.35. The lowest BCUT2D eigenvalue weighted by Gasteiger charge is -2.24. The quantitative estimate of drug-likeness (QED) is 0.634. The highest BCUT2D eigenvalue weighted by Crippen LogP contribution is 2.25. The normalized spacial score (nSPS) is 14.3. The molecule has 0 aliphatic carbocycles. The van der Waals surface area contributed by atoms with E-state index >= 15 is 0 Å². The smallest absolute Gasteiger partial charge is 0.0945 e. The minimum Gasteiger partial charge on any atom is -0.394 e.